The summed E-state index contributed by atoms with van der Waals surface area (Å²) in [6, 6.07) is 14.5. The molecule has 25 heavy (non-hydrogen) atoms. The molecule has 3 amide bonds. The van der Waals surface area contributed by atoms with Crippen molar-refractivity contribution in [3.63, 3.8) is 0 Å². The molecule has 128 valence electrons. The number of nitrogens with one attached hydrogen (secondary N) is 3. The molecule has 1 heterocycles. The summed E-state index contributed by atoms with van der Waals surface area (Å²) in [5.74, 6) is -0.235. The molecule has 0 saturated heterocycles. The minimum Gasteiger partial charge on any atom is -0.327 e. The predicted molar refractivity (Wildman–Crippen MR) is 98.1 cm³/mol. The van der Waals surface area contributed by atoms with E-state index < -0.39 is 6.04 Å². The molecule has 3 rings (SSSR count). The molecule has 2 aromatic rings. The molecular weight excluding hydrogens is 314 g/mol. The summed E-state index contributed by atoms with van der Waals surface area (Å²) in [6.07, 6.45) is 0. The number of para-hydroxylation sites is 1. The Bertz CT molecular complexity index is 856. The number of carbonyl (C=O) groups is 2. The highest BCUT2D eigenvalue weighted by Crippen LogP contribution is 2.30. The van der Waals surface area contributed by atoms with Crippen LogP contribution in [0, 0.1) is 13.8 Å². The van der Waals surface area contributed by atoms with Crippen LogP contribution in [0.3, 0.4) is 0 Å². The van der Waals surface area contributed by atoms with Gasteiger partial charge in [-0.1, -0.05) is 42.0 Å². The van der Waals surface area contributed by atoms with Crippen molar-refractivity contribution in [1.29, 1.82) is 0 Å². The van der Waals surface area contributed by atoms with Crippen molar-refractivity contribution in [2.24, 2.45) is 0 Å². The van der Waals surface area contributed by atoms with Crippen LogP contribution in [0.25, 0.3) is 0 Å². The van der Waals surface area contributed by atoms with Crippen LogP contribution < -0.4 is 16.0 Å². The Balaban J connectivity index is 1.99. The first-order valence-corrected chi connectivity index (χ1v) is 8.17. The molecule has 0 unspecified atom stereocenters. The van der Waals surface area contributed by atoms with E-state index in [1.165, 1.54) is 0 Å². The van der Waals surface area contributed by atoms with E-state index in [4.69, 9.17) is 0 Å². The zero-order valence-corrected chi connectivity index (χ0v) is 14.5. The number of amides is 3. The molecule has 1 aliphatic heterocycles. The number of anilines is 1. The van der Waals surface area contributed by atoms with Crippen molar-refractivity contribution < 1.29 is 9.59 Å². The van der Waals surface area contributed by atoms with Gasteiger partial charge in [-0.25, -0.2) is 4.79 Å². The summed E-state index contributed by atoms with van der Waals surface area (Å²) < 4.78 is 0. The van der Waals surface area contributed by atoms with E-state index in [0.717, 1.165) is 16.7 Å². The molecule has 0 aromatic heterocycles. The lowest BCUT2D eigenvalue weighted by molar-refractivity contribution is -0.113. The Morgan fingerprint density at radius 2 is 1.76 bits per heavy atom. The summed E-state index contributed by atoms with van der Waals surface area (Å²) in [5.41, 5.74) is 4.86. The van der Waals surface area contributed by atoms with Gasteiger partial charge < -0.3 is 16.0 Å². The highest BCUT2D eigenvalue weighted by Gasteiger charge is 2.31. The van der Waals surface area contributed by atoms with Crippen LogP contribution in [-0.2, 0) is 4.79 Å². The molecule has 5 heteroatoms. The summed E-state index contributed by atoms with van der Waals surface area (Å²) in [6.45, 7) is 5.75. The number of urea groups is 1. The topological polar surface area (TPSA) is 70.2 Å². The van der Waals surface area contributed by atoms with Crippen LogP contribution in [0.5, 0.6) is 0 Å². The predicted octanol–water partition coefficient (Wildman–Crippen LogP) is 3.57. The molecule has 0 saturated carbocycles. The number of allylic oxidation sites excluding steroid dienone is 1. The monoisotopic (exact) mass is 335 g/mol. The quantitative estimate of drug-likeness (QED) is 0.802. The van der Waals surface area contributed by atoms with Crippen LogP contribution in [0.15, 0.2) is 59.8 Å². The van der Waals surface area contributed by atoms with Crippen LogP contribution in [0.2, 0.25) is 0 Å². The molecule has 3 N–H and O–H groups in total. The number of aryl methyl sites for hydroxylation is 2. The maximum absolute atomic E-state index is 12.9. The van der Waals surface area contributed by atoms with Crippen LogP contribution >= 0.6 is 0 Å². The first-order chi connectivity index (χ1) is 12.0. The summed E-state index contributed by atoms with van der Waals surface area (Å²) >= 11 is 0. The fourth-order valence-corrected chi connectivity index (χ4v) is 3.10. The van der Waals surface area contributed by atoms with Gasteiger partial charge in [0, 0.05) is 11.4 Å². The third kappa shape index (κ3) is 3.55. The average molecular weight is 335 g/mol. The zero-order chi connectivity index (χ0) is 18.0. The Labute approximate surface area is 147 Å². The van der Waals surface area contributed by atoms with Crippen molar-refractivity contribution in [3.8, 4) is 0 Å². The molecule has 5 nitrogen and oxygen atoms in total. The normalized spacial score (nSPS) is 16.9. The second kappa shape index (κ2) is 6.81. The van der Waals surface area contributed by atoms with E-state index in [1.54, 1.807) is 6.92 Å². The summed E-state index contributed by atoms with van der Waals surface area (Å²) in [5, 5.41) is 8.47. The number of carbonyl (C=O) groups excluding carboxylic acids is 2. The zero-order valence-electron chi connectivity index (χ0n) is 14.5. The van der Waals surface area contributed by atoms with Crippen molar-refractivity contribution in [3.05, 3.63) is 76.5 Å². The van der Waals surface area contributed by atoms with Crippen LogP contribution in [-0.4, -0.2) is 11.9 Å². The van der Waals surface area contributed by atoms with Crippen molar-refractivity contribution in [1.82, 2.24) is 10.6 Å². The van der Waals surface area contributed by atoms with E-state index in [9.17, 15) is 9.59 Å². The van der Waals surface area contributed by atoms with Gasteiger partial charge in [0.05, 0.1) is 11.6 Å². The molecule has 2 aromatic carbocycles. The Kier molecular flexibility index (Phi) is 4.57. The van der Waals surface area contributed by atoms with Crippen LogP contribution in [0.1, 0.15) is 29.7 Å². The largest absolute Gasteiger partial charge is 0.327 e. The molecule has 1 aliphatic rings. The number of rotatable bonds is 3. The van der Waals surface area contributed by atoms with Gasteiger partial charge in [0.15, 0.2) is 0 Å². The van der Waals surface area contributed by atoms with Gasteiger partial charge in [-0.3, -0.25) is 4.79 Å². The lowest BCUT2D eigenvalue weighted by Gasteiger charge is -2.29. The average Bonchev–Trinajstić information content (AvgIpc) is 2.54. The molecule has 0 aliphatic carbocycles. The maximum Gasteiger partial charge on any atom is 0.319 e. The lowest BCUT2D eigenvalue weighted by Crippen LogP contribution is -2.46. The highest BCUT2D eigenvalue weighted by molar-refractivity contribution is 6.06. The molecule has 0 bridgehead atoms. The molecule has 0 radical (unpaired) electrons. The fraction of sp³-hybridized carbons (Fsp3) is 0.200. The second-order valence-electron chi connectivity index (χ2n) is 6.25. The van der Waals surface area contributed by atoms with Gasteiger partial charge in [0.25, 0.3) is 5.91 Å². The minimum atomic E-state index is -0.488. The molecule has 0 fully saturated rings. The van der Waals surface area contributed by atoms with E-state index in [0.29, 0.717) is 17.0 Å². The number of hydrogen-bond acceptors (Lipinski definition) is 2. The lowest BCUT2D eigenvalue weighted by atomic mass is 9.91. The van der Waals surface area contributed by atoms with Crippen LogP contribution in [0.4, 0.5) is 10.5 Å². The molecular formula is C20H21N3O2. The van der Waals surface area contributed by atoms with Gasteiger partial charge >= 0.3 is 6.03 Å². The third-order valence-corrected chi connectivity index (χ3v) is 4.28. The number of benzene rings is 2. The second-order valence-corrected chi connectivity index (χ2v) is 6.25. The first-order valence-electron chi connectivity index (χ1n) is 8.17. The van der Waals surface area contributed by atoms with Gasteiger partial charge in [-0.2, -0.15) is 0 Å². The van der Waals surface area contributed by atoms with Crippen molar-refractivity contribution >= 4 is 17.6 Å². The first kappa shape index (κ1) is 16.8. The Morgan fingerprint density at radius 3 is 2.44 bits per heavy atom. The molecule has 1 atom stereocenters. The molecule has 0 spiro atoms. The van der Waals surface area contributed by atoms with E-state index in [-0.39, 0.29) is 11.9 Å². The smallest absolute Gasteiger partial charge is 0.319 e. The van der Waals surface area contributed by atoms with Gasteiger partial charge in [0.2, 0.25) is 0 Å². The van der Waals surface area contributed by atoms with Gasteiger partial charge in [-0.15, -0.1) is 0 Å². The minimum absolute atomic E-state index is 0.235. The highest BCUT2D eigenvalue weighted by atomic mass is 16.2. The number of hydrogen-bond donors (Lipinski definition) is 3. The van der Waals surface area contributed by atoms with E-state index >= 15 is 0 Å². The van der Waals surface area contributed by atoms with E-state index in [2.05, 4.69) is 16.0 Å². The van der Waals surface area contributed by atoms with E-state index in [1.807, 2.05) is 62.4 Å². The maximum atomic E-state index is 12.9. The Morgan fingerprint density at radius 1 is 1.04 bits per heavy atom. The summed E-state index contributed by atoms with van der Waals surface area (Å²) in [4.78, 5) is 24.9. The SMILES string of the molecule is CC1=C(C(=O)Nc2ccccc2)[C@@H](c2ccc(C)cc2C)NC(=O)N1. The fourth-order valence-electron chi connectivity index (χ4n) is 3.10. The Hall–Kier alpha value is -3.08. The van der Waals surface area contributed by atoms with Crippen molar-refractivity contribution in [2.45, 2.75) is 26.8 Å². The third-order valence-electron chi connectivity index (χ3n) is 4.28. The van der Waals surface area contributed by atoms with Crippen molar-refractivity contribution in [2.75, 3.05) is 5.32 Å². The van der Waals surface area contributed by atoms with Gasteiger partial charge in [0.1, 0.15) is 0 Å². The van der Waals surface area contributed by atoms with Gasteiger partial charge in [-0.05, 0) is 44.0 Å². The summed E-state index contributed by atoms with van der Waals surface area (Å²) in [7, 11) is 0. The standard InChI is InChI=1S/C20H21N3O2/c1-12-9-10-16(13(2)11-12)18-17(14(3)21-20(25)23-18)19(24)22-15-7-5-4-6-8-15/h4-11,18H,1-3H3,(H,22,24)(H2,21,23,25)/t18-/m1/s1.